The fraction of sp³-hybridized carbons (Fsp3) is 0.655. The molecule has 0 radical (unpaired) electrons. The number of aromatic nitrogens is 2. The summed E-state index contributed by atoms with van der Waals surface area (Å²) in [5, 5.41) is 16.6. The number of aliphatic hydroxyl groups is 1. The average molecular weight is 546 g/mol. The second-order valence-corrected chi connectivity index (χ2v) is 11.5. The van der Waals surface area contributed by atoms with E-state index in [1.54, 1.807) is 7.05 Å². The zero-order valence-corrected chi connectivity index (χ0v) is 23.0. The SMILES string of the molecule is CNCC(O)COc1cccc(-c2nc(N[C@@H]3CCOC3)c(C)c(N3CCCC4(CC(CC(F)F)C4)C3)n2)c1. The van der Waals surface area contributed by atoms with Gasteiger partial charge >= 0.3 is 0 Å². The molecule has 2 aromatic rings. The van der Waals surface area contributed by atoms with Crippen molar-refractivity contribution >= 4 is 11.6 Å². The second-order valence-electron chi connectivity index (χ2n) is 11.5. The summed E-state index contributed by atoms with van der Waals surface area (Å²) in [6, 6.07) is 7.83. The topological polar surface area (TPSA) is 91.8 Å². The molecule has 5 rings (SSSR count). The van der Waals surface area contributed by atoms with Crippen LogP contribution < -0.4 is 20.3 Å². The Morgan fingerprint density at radius 2 is 2.13 bits per heavy atom. The largest absolute Gasteiger partial charge is 0.491 e. The molecule has 10 heteroatoms. The van der Waals surface area contributed by atoms with E-state index >= 15 is 0 Å². The number of anilines is 2. The number of piperidine rings is 1. The number of nitrogens with one attached hydrogen (secondary N) is 2. The van der Waals surface area contributed by atoms with Crippen LogP contribution in [-0.4, -0.2) is 80.1 Å². The Balaban J connectivity index is 1.41. The number of hydrogen-bond donors (Lipinski definition) is 3. The lowest BCUT2D eigenvalue weighted by Gasteiger charge is -2.53. The molecule has 3 aliphatic rings. The van der Waals surface area contributed by atoms with E-state index in [1.807, 2.05) is 24.3 Å². The van der Waals surface area contributed by atoms with Crippen LogP contribution in [0.4, 0.5) is 20.4 Å². The number of benzene rings is 1. The summed E-state index contributed by atoms with van der Waals surface area (Å²) in [4.78, 5) is 12.3. The number of halogens is 2. The predicted molar refractivity (Wildman–Crippen MR) is 148 cm³/mol. The standard InChI is InChI=1S/C29H41F2N5O3/c1-19-26(33-22-7-10-38-16-22)34-27(21-5-3-6-24(12-21)39-17-23(37)15-32-2)35-28(19)36-9-4-8-29(18-36)13-20(14-29)11-25(30)31/h3,5-6,12,20,22-23,25,32,37H,4,7-11,13-18H2,1-2H3,(H,33,34,35)/t20?,22-,23?,29?/m1/s1. The maximum Gasteiger partial charge on any atom is 0.238 e. The van der Waals surface area contributed by atoms with E-state index in [1.165, 1.54) is 0 Å². The van der Waals surface area contributed by atoms with Gasteiger partial charge in [-0.15, -0.1) is 0 Å². The second kappa shape index (κ2) is 12.3. The van der Waals surface area contributed by atoms with E-state index in [0.29, 0.717) is 24.7 Å². The first-order chi connectivity index (χ1) is 18.8. The summed E-state index contributed by atoms with van der Waals surface area (Å²) in [6.45, 7) is 5.78. The first-order valence-corrected chi connectivity index (χ1v) is 14.2. The van der Waals surface area contributed by atoms with Gasteiger partial charge in [-0.2, -0.15) is 0 Å². The normalized spacial score (nSPS) is 25.6. The van der Waals surface area contributed by atoms with Gasteiger partial charge in [0.2, 0.25) is 6.43 Å². The lowest BCUT2D eigenvalue weighted by Crippen LogP contribution is -2.51. The molecule has 0 bridgehead atoms. The lowest BCUT2D eigenvalue weighted by atomic mass is 9.57. The molecule has 3 N–H and O–H groups in total. The number of ether oxygens (including phenoxy) is 2. The molecule has 2 atom stereocenters. The van der Waals surface area contributed by atoms with E-state index in [4.69, 9.17) is 19.4 Å². The minimum absolute atomic E-state index is 0.0142. The molecule has 0 amide bonds. The van der Waals surface area contributed by atoms with Crippen molar-refractivity contribution in [2.24, 2.45) is 11.3 Å². The van der Waals surface area contributed by atoms with E-state index in [9.17, 15) is 13.9 Å². The van der Waals surface area contributed by atoms with E-state index in [0.717, 1.165) is 74.6 Å². The predicted octanol–water partition coefficient (Wildman–Crippen LogP) is 4.26. The van der Waals surface area contributed by atoms with E-state index in [2.05, 4.69) is 22.5 Å². The first kappa shape index (κ1) is 28.0. The van der Waals surface area contributed by atoms with Gasteiger partial charge in [-0.3, -0.25) is 0 Å². The number of nitrogens with zero attached hydrogens (tertiary/aromatic N) is 3. The molecule has 39 heavy (non-hydrogen) atoms. The minimum atomic E-state index is -2.22. The molecule has 2 aliphatic heterocycles. The fourth-order valence-corrected chi connectivity index (χ4v) is 6.44. The van der Waals surface area contributed by atoms with Crippen LogP contribution in [0.25, 0.3) is 11.4 Å². The smallest absolute Gasteiger partial charge is 0.238 e. The van der Waals surface area contributed by atoms with Crippen molar-refractivity contribution in [2.45, 2.75) is 64.0 Å². The Morgan fingerprint density at radius 3 is 2.87 bits per heavy atom. The van der Waals surface area contributed by atoms with Gasteiger partial charge < -0.3 is 30.1 Å². The number of aliphatic hydroxyl groups excluding tert-OH is 1. The number of alkyl halides is 2. The maximum atomic E-state index is 13.0. The van der Waals surface area contributed by atoms with Crippen molar-refractivity contribution < 1.29 is 23.4 Å². The third-order valence-electron chi connectivity index (χ3n) is 8.28. The third-order valence-corrected chi connectivity index (χ3v) is 8.28. The van der Waals surface area contributed by atoms with Crippen LogP contribution in [0.15, 0.2) is 24.3 Å². The Bertz CT molecular complexity index is 1110. The molecular formula is C29H41F2N5O3. The Hall–Kier alpha value is -2.56. The van der Waals surface area contributed by atoms with Crippen LogP contribution in [0.1, 0.15) is 44.1 Å². The van der Waals surface area contributed by atoms with Crippen LogP contribution in [0, 0.1) is 18.3 Å². The van der Waals surface area contributed by atoms with Crippen molar-refractivity contribution in [2.75, 3.05) is 56.7 Å². The summed E-state index contributed by atoms with van der Waals surface area (Å²) in [5.74, 6) is 3.06. The maximum absolute atomic E-state index is 13.0. The summed E-state index contributed by atoms with van der Waals surface area (Å²) >= 11 is 0. The van der Waals surface area contributed by atoms with Gasteiger partial charge in [0.15, 0.2) is 5.82 Å². The third kappa shape index (κ3) is 6.78. The Kier molecular flexibility index (Phi) is 8.83. The van der Waals surface area contributed by atoms with Crippen LogP contribution in [0.2, 0.25) is 0 Å². The fourth-order valence-electron chi connectivity index (χ4n) is 6.44. The molecule has 8 nitrogen and oxygen atoms in total. The highest BCUT2D eigenvalue weighted by atomic mass is 19.3. The highest BCUT2D eigenvalue weighted by molar-refractivity contribution is 5.67. The molecule has 1 spiro atoms. The average Bonchev–Trinajstić information content (AvgIpc) is 3.41. The molecule has 1 aromatic heterocycles. The number of rotatable bonds is 11. The van der Waals surface area contributed by atoms with Gasteiger partial charge in [-0.1, -0.05) is 12.1 Å². The zero-order valence-electron chi connectivity index (χ0n) is 23.0. The van der Waals surface area contributed by atoms with Crippen molar-refractivity contribution in [3.8, 4) is 17.1 Å². The van der Waals surface area contributed by atoms with E-state index in [-0.39, 0.29) is 30.4 Å². The minimum Gasteiger partial charge on any atom is -0.491 e. The molecule has 1 aliphatic carbocycles. The molecule has 1 unspecified atom stereocenters. The molecule has 3 fully saturated rings. The van der Waals surface area contributed by atoms with Crippen molar-refractivity contribution in [1.82, 2.24) is 15.3 Å². The summed E-state index contributed by atoms with van der Waals surface area (Å²) in [7, 11) is 1.79. The molecule has 214 valence electrons. The van der Waals surface area contributed by atoms with Crippen LogP contribution >= 0.6 is 0 Å². The summed E-state index contributed by atoms with van der Waals surface area (Å²) in [5.41, 5.74) is 1.92. The van der Waals surface area contributed by atoms with Crippen LogP contribution in [-0.2, 0) is 4.74 Å². The van der Waals surface area contributed by atoms with Crippen LogP contribution in [0.3, 0.4) is 0 Å². The van der Waals surface area contributed by atoms with Gasteiger partial charge in [0, 0.05) is 43.8 Å². The van der Waals surface area contributed by atoms with Gasteiger partial charge in [0.25, 0.3) is 0 Å². The van der Waals surface area contributed by atoms with E-state index < -0.39 is 12.5 Å². The van der Waals surface area contributed by atoms with Gasteiger partial charge in [-0.05, 0) is 69.5 Å². The highest BCUT2D eigenvalue weighted by Crippen LogP contribution is 2.53. The first-order valence-electron chi connectivity index (χ1n) is 14.2. The van der Waals surface area contributed by atoms with Crippen molar-refractivity contribution in [1.29, 1.82) is 0 Å². The zero-order chi connectivity index (χ0) is 27.4. The highest BCUT2D eigenvalue weighted by Gasteiger charge is 2.47. The molecule has 2 saturated heterocycles. The van der Waals surface area contributed by atoms with Gasteiger partial charge in [-0.25, -0.2) is 18.7 Å². The Labute approximate surface area is 229 Å². The quantitative estimate of drug-likeness (QED) is 0.386. The lowest BCUT2D eigenvalue weighted by molar-refractivity contribution is -0.00264. The molecule has 3 heterocycles. The number of likely N-dealkylation sites (N-methyl/N-ethyl adjacent to an activating group) is 1. The van der Waals surface area contributed by atoms with Gasteiger partial charge in [0.1, 0.15) is 30.1 Å². The summed E-state index contributed by atoms with van der Waals surface area (Å²) in [6.07, 6.45) is 1.95. The van der Waals surface area contributed by atoms with Gasteiger partial charge in [0.05, 0.1) is 12.6 Å². The van der Waals surface area contributed by atoms with Crippen LogP contribution in [0.5, 0.6) is 5.75 Å². The summed E-state index contributed by atoms with van der Waals surface area (Å²) < 4.78 is 37.3. The molecular weight excluding hydrogens is 504 g/mol. The number of hydrogen-bond acceptors (Lipinski definition) is 8. The Morgan fingerprint density at radius 1 is 1.28 bits per heavy atom. The molecule has 1 aromatic carbocycles. The van der Waals surface area contributed by atoms with Crippen molar-refractivity contribution in [3.05, 3.63) is 29.8 Å². The molecule has 1 saturated carbocycles. The monoisotopic (exact) mass is 545 g/mol. The van der Waals surface area contributed by atoms with Crippen molar-refractivity contribution in [3.63, 3.8) is 0 Å².